The van der Waals surface area contributed by atoms with E-state index in [1.807, 2.05) is 65.9 Å². The molecule has 1 aliphatic rings. The van der Waals surface area contributed by atoms with Gasteiger partial charge in [0.2, 0.25) is 0 Å². The third-order valence-corrected chi connectivity index (χ3v) is 6.39. The molecule has 9 nitrogen and oxygen atoms in total. The highest BCUT2D eigenvalue weighted by Gasteiger charge is 2.30. The predicted octanol–water partition coefficient (Wildman–Crippen LogP) is 3.60. The molecule has 0 aliphatic carbocycles. The number of hydrogen-bond donors (Lipinski definition) is 0. The fourth-order valence-corrected chi connectivity index (χ4v) is 4.85. The van der Waals surface area contributed by atoms with E-state index in [1.54, 1.807) is 10.9 Å². The minimum atomic E-state index is -0.0233. The van der Waals surface area contributed by atoms with Crippen molar-refractivity contribution in [3.05, 3.63) is 65.9 Å². The Morgan fingerprint density at radius 2 is 2.09 bits per heavy atom. The molecule has 166 valence electrons. The Morgan fingerprint density at radius 3 is 2.94 bits per heavy atom. The van der Waals surface area contributed by atoms with Crippen LogP contribution in [0.4, 0.5) is 0 Å². The molecule has 5 aromatic rings. The zero-order chi connectivity index (χ0) is 22.5. The van der Waals surface area contributed by atoms with Gasteiger partial charge in [0.05, 0.1) is 22.9 Å². The first-order chi connectivity index (χ1) is 16.1. The van der Waals surface area contributed by atoms with Crippen LogP contribution >= 0.6 is 0 Å². The second-order valence-electron chi connectivity index (χ2n) is 8.52. The highest BCUT2D eigenvalue weighted by atomic mass is 16.3. The van der Waals surface area contributed by atoms with Crippen molar-refractivity contribution < 1.29 is 9.21 Å². The fraction of sp³-hybridized carbons (Fsp3) is 0.292. The van der Waals surface area contributed by atoms with Crippen LogP contribution in [-0.2, 0) is 7.05 Å². The van der Waals surface area contributed by atoms with Gasteiger partial charge in [-0.05, 0) is 50.1 Å². The van der Waals surface area contributed by atoms with Gasteiger partial charge in [-0.2, -0.15) is 5.10 Å². The smallest absolute Gasteiger partial charge is 0.254 e. The zero-order valence-electron chi connectivity index (χ0n) is 18.5. The van der Waals surface area contributed by atoms with Gasteiger partial charge in [0.1, 0.15) is 11.5 Å². The largest absolute Gasteiger partial charge is 0.463 e. The molecule has 1 aliphatic heterocycles. The number of rotatable bonds is 3. The number of carbonyl (C=O) groups is 1. The standard InChI is InChI=1S/C24H23N7O2/c1-15-21-17(13-18(19-8-6-12-33-19)25-23(21)29(2)28-15)24(32)30-10-5-7-16(14-30)22-27-26-20-9-3-4-11-31(20)22/h3-4,6,8-9,11-13,16H,5,7,10,14H2,1-2H3. The van der Waals surface area contributed by atoms with Crippen molar-refractivity contribution >= 4 is 22.6 Å². The third kappa shape index (κ3) is 3.19. The predicted molar refractivity (Wildman–Crippen MR) is 122 cm³/mol. The number of likely N-dealkylation sites (tertiary alicyclic amines) is 1. The number of fused-ring (bicyclic) bond motifs is 2. The third-order valence-electron chi connectivity index (χ3n) is 6.39. The molecule has 1 fully saturated rings. The molecular formula is C24H23N7O2. The molecule has 0 bridgehead atoms. The molecule has 6 rings (SSSR count). The Morgan fingerprint density at radius 1 is 1.18 bits per heavy atom. The van der Waals surface area contributed by atoms with Crippen LogP contribution in [-0.4, -0.2) is 53.3 Å². The van der Waals surface area contributed by atoms with Gasteiger partial charge in [-0.3, -0.25) is 13.9 Å². The number of carbonyl (C=O) groups excluding carboxylic acids is 1. The lowest BCUT2D eigenvalue weighted by atomic mass is 9.96. The van der Waals surface area contributed by atoms with Crippen molar-refractivity contribution in [2.45, 2.75) is 25.7 Å². The van der Waals surface area contributed by atoms with Crippen LogP contribution in [0.5, 0.6) is 0 Å². The van der Waals surface area contributed by atoms with E-state index in [4.69, 9.17) is 9.40 Å². The highest BCUT2D eigenvalue weighted by Crippen LogP contribution is 2.31. The zero-order valence-corrected chi connectivity index (χ0v) is 18.5. The number of pyridine rings is 2. The Balaban J connectivity index is 1.39. The Hall–Kier alpha value is -4.01. The van der Waals surface area contributed by atoms with E-state index in [-0.39, 0.29) is 11.8 Å². The summed E-state index contributed by atoms with van der Waals surface area (Å²) in [7, 11) is 1.84. The molecule has 0 spiro atoms. The van der Waals surface area contributed by atoms with E-state index in [2.05, 4.69) is 15.3 Å². The van der Waals surface area contributed by atoms with Gasteiger partial charge in [0.25, 0.3) is 5.91 Å². The van der Waals surface area contributed by atoms with Gasteiger partial charge in [-0.15, -0.1) is 10.2 Å². The topological polar surface area (TPSA) is 94.3 Å². The van der Waals surface area contributed by atoms with E-state index >= 15 is 0 Å². The Labute approximate surface area is 189 Å². The van der Waals surface area contributed by atoms with Crippen molar-refractivity contribution in [3.8, 4) is 11.5 Å². The summed E-state index contributed by atoms with van der Waals surface area (Å²) in [5.41, 5.74) is 3.49. The summed E-state index contributed by atoms with van der Waals surface area (Å²) in [6.45, 7) is 3.20. The summed E-state index contributed by atoms with van der Waals surface area (Å²) in [5, 5.41) is 14.0. The maximum Gasteiger partial charge on any atom is 0.254 e. The van der Waals surface area contributed by atoms with Gasteiger partial charge in [-0.25, -0.2) is 4.98 Å². The first-order valence-corrected chi connectivity index (χ1v) is 11.1. The quantitative estimate of drug-likeness (QED) is 0.425. The lowest BCUT2D eigenvalue weighted by Gasteiger charge is -2.32. The average Bonchev–Trinajstić information content (AvgIpc) is 3.58. The molecule has 0 radical (unpaired) electrons. The second-order valence-corrected chi connectivity index (χ2v) is 8.52. The summed E-state index contributed by atoms with van der Waals surface area (Å²) in [5.74, 6) is 1.62. The number of nitrogens with zero attached hydrogens (tertiary/aromatic N) is 7. The molecule has 6 heterocycles. The number of aryl methyl sites for hydroxylation is 2. The highest BCUT2D eigenvalue weighted by molar-refractivity contribution is 6.07. The summed E-state index contributed by atoms with van der Waals surface area (Å²) in [6.07, 6.45) is 5.46. The van der Waals surface area contributed by atoms with Gasteiger partial charge in [-0.1, -0.05) is 6.07 Å². The Kier molecular flexibility index (Phi) is 4.49. The van der Waals surface area contributed by atoms with Crippen LogP contribution < -0.4 is 0 Å². The molecule has 33 heavy (non-hydrogen) atoms. The normalized spacial score (nSPS) is 16.7. The van der Waals surface area contributed by atoms with E-state index in [1.165, 1.54) is 0 Å². The minimum Gasteiger partial charge on any atom is -0.463 e. The molecular weight excluding hydrogens is 418 g/mol. The van der Waals surface area contributed by atoms with Crippen molar-refractivity contribution in [1.82, 2.24) is 34.3 Å². The molecule has 0 N–H and O–H groups in total. The van der Waals surface area contributed by atoms with Crippen LogP contribution in [0.15, 0.2) is 53.3 Å². The first-order valence-electron chi connectivity index (χ1n) is 11.1. The fourth-order valence-electron chi connectivity index (χ4n) is 4.85. The summed E-state index contributed by atoms with van der Waals surface area (Å²) >= 11 is 0. The van der Waals surface area contributed by atoms with Gasteiger partial charge in [0, 0.05) is 32.3 Å². The van der Waals surface area contributed by atoms with Crippen LogP contribution in [0.2, 0.25) is 0 Å². The van der Waals surface area contributed by atoms with Crippen LogP contribution in [0.25, 0.3) is 28.1 Å². The van der Waals surface area contributed by atoms with Crippen LogP contribution in [0.3, 0.4) is 0 Å². The van der Waals surface area contributed by atoms with E-state index in [0.717, 1.165) is 35.4 Å². The minimum absolute atomic E-state index is 0.0233. The van der Waals surface area contributed by atoms with Gasteiger partial charge < -0.3 is 9.32 Å². The molecule has 1 saturated heterocycles. The number of furan rings is 1. The summed E-state index contributed by atoms with van der Waals surface area (Å²) in [6, 6.07) is 11.4. The van der Waals surface area contributed by atoms with E-state index in [9.17, 15) is 4.79 Å². The van der Waals surface area contributed by atoms with Gasteiger partial charge in [0.15, 0.2) is 17.1 Å². The monoisotopic (exact) mass is 441 g/mol. The summed E-state index contributed by atoms with van der Waals surface area (Å²) < 4.78 is 9.30. The lowest BCUT2D eigenvalue weighted by Crippen LogP contribution is -2.39. The number of amides is 1. The van der Waals surface area contributed by atoms with Crippen molar-refractivity contribution in [2.24, 2.45) is 7.05 Å². The van der Waals surface area contributed by atoms with E-state index < -0.39 is 0 Å². The molecule has 5 aromatic heterocycles. The van der Waals surface area contributed by atoms with Crippen molar-refractivity contribution in [1.29, 1.82) is 0 Å². The maximum atomic E-state index is 13.9. The maximum absolute atomic E-state index is 13.9. The first kappa shape index (κ1) is 19.7. The molecule has 0 saturated carbocycles. The second kappa shape index (κ2) is 7.54. The molecule has 1 amide bonds. The number of aromatic nitrogens is 6. The molecule has 9 heteroatoms. The van der Waals surface area contributed by atoms with Crippen molar-refractivity contribution in [2.75, 3.05) is 13.1 Å². The van der Waals surface area contributed by atoms with Crippen LogP contribution in [0, 0.1) is 6.92 Å². The van der Waals surface area contributed by atoms with E-state index in [0.29, 0.717) is 35.8 Å². The average molecular weight is 441 g/mol. The Bertz CT molecular complexity index is 1480. The number of hydrogen-bond acceptors (Lipinski definition) is 6. The van der Waals surface area contributed by atoms with Crippen molar-refractivity contribution in [3.63, 3.8) is 0 Å². The van der Waals surface area contributed by atoms with Crippen LogP contribution in [0.1, 0.15) is 40.6 Å². The van der Waals surface area contributed by atoms with Gasteiger partial charge >= 0.3 is 0 Å². The SMILES string of the molecule is Cc1nn(C)c2nc(-c3ccco3)cc(C(=O)N3CCCC(c4nnc5ccccn45)C3)c12. The molecule has 0 aromatic carbocycles. The lowest BCUT2D eigenvalue weighted by molar-refractivity contribution is 0.0706. The molecule has 1 atom stereocenters. The number of piperidine rings is 1. The summed E-state index contributed by atoms with van der Waals surface area (Å²) in [4.78, 5) is 20.5. The molecule has 1 unspecified atom stereocenters.